The van der Waals surface area contributed by atoms with Gasteiger partial charge in [0.1, 0.15) is 0 Å². The number of thioether (sulfide) groups is 1. The van der Waals surface area contributed by atoms with Crippen LogP contribution in [0.15, 0.2) is 27.9 Å². The Labute approximate surface area is 132 Å². The molecule has 8 heteroatoms. The molecule has 2 heterocycles. The van der Waals surface area contributed by atoms with E-state index in [0.717, 1.165) is 12.1 Å². The summed E-state index contributed by atoms with van der Waals surface area (Å²) in [4.78, 5) is 4.28. The fourth-order valence-electron chi connectivity index (χ4n) is 1.91. The molecule has 114 valence electrons. The average molecular weight is 316 g/mol. The van der Waals surface area contributed by atoms with Crippen LogP contribution in [0.3, 0.4) is 0 Å². The highest BCUT2D eigenvalue weighted by Crippen LogP contribution is 2.22. The molecule has 0 N–H and O–H groups in total. The van der Waals surface area contributed by atoms with Gasteiger partial charge in [-0.3, -0.25) is 0 Å². The molecule has 0 aliphatic heterocycles. The summed E-state index contributed by atoms with van der Waals surface area (Å²) in [6, 6.07) is 6.13. The van der Waals surface area contributed by atoms with Gasteiger partial charge in [-0.25, -0.2) is 0 Å². The summed E-state index contributed by atoms with van der Waals surface area (Å²) >= 11 is 1.47. The second-order valence-corrected chi connectivity index (χ2v) is 5.83. The Kier molecular flexibility index (Phi) is 4.19. The molecule has 0 bridgehead atoms. The molecule has 0 fully saturated rings. The highest BCUT2D eigenvalue weighted by atomic mass is 32.2. The van der Waals surface area contributed by atoms with Gasteiger partial charge in [-0.1, -0.05) is 29.9 Å². The van der Waals surface area contributed by atoms with Crippen molar-refractivity contribution in [2.24, 2.45) is 0 Å². The predicted octanol–water partition coefficient (Wildman–Crippen LogP) is 2.52. The largest absolute Gasteiger partial charge is 0.338 e. The van der Waals surface area contributed by atoms with Crippen LogP contribution in [0, 0.1) is 13.8 Å². The van der Waals surface area contributed by atoms with Crippen molar-refractivity contribution in [3.63, 3.8) is 0 Å². The molecule has 0 saturated heterocycles. The van der Waals surface area contributed by atoms with Crippen molar-refractivity contribution in [3.8, 4) is 5.69 Å². The van der Waals surface area contributed by atoms with Crippen molar-refractivity contribution in [1.82, 2.24) is 30.3 Å². The third-order valence-corrected chi connectivity index (χ3v) is 4.23. The Morgan fingerprint density at radius 3 is 2.82 bits per heavy atom. The second kappa shape index (κ2) is 6.27. The van der Waals surface area contributed by atoms with Gasteiger partial charge >= 0.3 is 0 Å². The zero-order valence-electron chi connectivity index (χ0n) is 12.6. The zero-order valence-corrected chi connectivity index (χ0v) is 13.5. The van der Waals surface area contributed by atoms with Gasteiger partial charge in [0, 0.05) is 6.42 Å². The predicted molar refractivity (Wildman–Crippen MR) is 81.9 cm³/mol. The van der Waals surface area contributed by atoms with E-state index in [-0.39, 0.29) is 0 Å². The van der Waals surface area contributed by atoms with Crippen molar-refractivity contribution >= 4 is 11.8 Å². The minimum absolute atomic E-state index is 0.540. The Morgan fingerprint density at radius 1 is 1.23 bits per heavy atom. The van der Waals surface area contributed by atoms with Crippen LogP contribution in [0.1, 0.15) is 29.8 Å². The van der Waals surface area contributed by atoms with Crippen molar-refractivity contribution in [1.29, 1.82) is 0 Å². The first kappa shape index (κ1) is 14.7. The first-order valence-electron chi connectivity index (χ1n) is 6.97. The fraction of sp³-hybridized carbons (Fsp3) is 0.357. The van der Waals surface area contributed by atoms with E-state index >= 15 is 0 Å². The molecule has 0 aliphatic rings. The minimum atomic E-state index is 0.540. The molecule has 0 atom stereocenters. The summed E-state index contributed by atoms with van der Waals surface area (Å²) in [5.41, 5.74) is 3.38. The number of aryl methyl sites for hydroxylation is 3. The maximum atomic E-state index is 5.17. The summed E-state index contributed by atoms with van der Waals surface area (Å²) in [5.74, 6) is 1.83. The zero-order chi connectivity index (χ0) is 15.5. The standard InChI is InChI=1S/C14H16N6OS/c1-4-12-15-13(21-17-12)8-22-14-16-18-19-20(14)11-6-5-9(2)10(3)7-11/h5-7H,4,8H2,1-3H3. The molecule has 0 radical (unpaired) electrons. The van der Waals surface area contributed by atoms with E-state index in [1.54, 1.807) is 4.68 Å². The number of hydrogen-bond donors (Lipinski definition) is 0. The highest BCUT2D eigenvalue weighted by molar-refractivity contribution is 7.98. The summed E-state index contributed by atoms with van der Waals surface area (Å²) in [6.07, 6.45) is 0.758. The Bertz CT molecular complexity index is 781. The fourth-order valence-corrected chi connectivity index (χ4v) is 2.64. The molecule has 7 nitrogen and oxygen atoms in total. The third-order valence-electron chi connectivity index (χ3n) is 3.33. The van der Waals surface area contributed by atoms with Gasteiger partial charge in [0.15, 0.2) is 5.82 Å². The molecule has 0 spiro atoms. The van der Waals surface area contributed by atoms with Crippen LogP contribution < -0.4 is 0 Å². The Balaban J connectivity index is 1.78. The van der Waals surface area contributed by atoms with Crippen LogP contribution in [-0.2, 0) is 12.2 Å². The molecule has 2 aromatic heterocycles. The molecule has 0 unspecified atom stereocenters. The molecule has 0 aliphatic carbocycles. The van der Waals surface area contributed by atoms with Crippen molar-refractivity contribution in [2.75, 3.05) is 0 Å². The number of hydrogen-bond acceptors (Lipinski definition) is 7. The van der Waals surface area contributed by atoms with Gasteiger partial charge in [0.25, 0.3) is 0 Å². The molecule has 1 aromatic carbocycles. The molecule has 0 amide bonds. The van der Waals surface area contributed by atoms with Gasteiger partial charge < -0.3 is 4.52 Å². The van der Waals surface area contributed by atoms with E-state index in [2.05, 4.69) is 51.6 Å². The lowest BCUT2D eigenvalue weighted by atomic mass is 10.1. The number of rotatable bonds is 5. The van der Waals surface area contributed by atoms with E-state index in [0.29, 0.717) is 22.6 Å². The van der Waals surface area contributed by atoms with Crippen LogP contribution in [0.2, 0.25) is 0 Å². The number of aromatic nitrogens is 6. The van der Waals surface area contributed by atoms with Crippen LogP contribution >= 0.6 is 11.8 Å². The molecule has 22 heavy (non-hydrogen) atoms. The monoisotopic (exact) mass is 316 g/mol. The quantitative estimate of drug-likeness (QED) is 0.669. The summed E-state index contributed by atoms with van der Waals surface area (Å²) in [6.45, 7) is 6.14. The van der Waals surface area contributed by atoms with Crippen molar-refractivity contribution in [3.05, 3.63) is 41.0 Å². The summed E-state index contributed by atoms with van der Waals surface area (Å²) in [7, 11) is 0. The smallest absolute Gasteiger partial charge is 0.237 e. The molecule has 0 saturated carbocycles. The van der Waals surface area contributed by atoms with E-state index in [1.165, 1.54) is 22.9 Å². The maximum Gasteiger partial charge on any atom is 0.237 e. The number of benzene rings is 1. The molecular weight excluding hydrogens is 300 g/mol. The lowest BCUT2D eigenvalue weighted by Crippen LogP contribution is -2.00. The van der Waals surface area contributed by atoms with Crippen LogP contribution in [0.4, 0.5) is 0 Å². The lowest BCUT2D eigenvalue weighted by Gasteiger charge is -2.06. The van der Waals surface area contributed by atoms with Crippen LogP contribution in [-0.4, -0.2) is 30.3 Å². The molecular formula is C14H16N6OS. The van der Waals surface area contributed by atoms with Crippen molar-refractivity contribution < 1.29 is 4.52 Å². The van der Waals surface area contributed by atoms with E-state index < -0.39 is 0 Å². The highest BCUT2D eigenvalue weighted by Gasteiger charge is 2.12. The van der Waals surface area contributed by atoms with Gasteiger partial charge in [-0.15, -0.1) is 5.10 Å². The SMILES string of the molecule is CCc1noc(CSc2nnnn2-c2ccc(C)c(C)c2)n1. The second-order valence-electron chi connectivity index (χ2n) is 4.89. The minimum Gasteiger partial charge on any atom is -0.338 e. The average Bonchev–Trinajstić information content (AvgIpc) is 3.16. The van der Waals surface area contributed by atoms with E-state index in [9.17, 15) is 0 Å². The first-order chi connectivity index (χ1) is 10.7. The number of tetrazole rings is 1. The summed E-state index contributed by atoms with van der Waals surface area (Å²) < 4.78 is 6.89. The van der Waals surface area contributed by atoms with E-state index in [1.807, 2.05) is 13.0 Å². The van der Waals surface area contributed by atoms with Crippen molar-refractivity contribution in [2.45, 2.75) is 38.1 Å². The summed E-state index contributed by atoms with van der Waals surface area (Å²) in [5, 5.41) is 16.5. The van der Waals surface area contributed by atoms with Crippen LogP contribution in [0.5, 0.6) is 0 Å². The topological polar surface area (TPSA) is 82.5 Å². The maximum absolute atomic E-state index is 5.17. The van der Waals surface area contributed by atoms with Crippen LogP contribution in [0.25, 0.3) is 5.69 Å². The Hall–Kier alpha value is -2.22. The van der Waals surface area contributed by atoms with E-state index in [4.69, 9.17) is 4.52 Å². The first-order valence-corrected chi connectivity index (χ1v) is 7.96. The molecule has 3 aromatic rings. The number of nitrogens with zero attached hydrogens (tertiary/aromatic N) is 6. The molecule has 3 rings (SSSR count). The van der Waals surface area contributed by atoms with Gasteiger partial charge in [0.2, 0.25) is 11.0 Å². The Morgan fingerprint density at radius 2 is 2.09 bits per heavy atom. The van der Waals surface area contributed by atoms with Gasteiger partial charge in [-0.05, 0) is 47.5 Å². The van der Waals surface area contributed by atoms with Gasteiger partial charge in [-0.2, -0.15) is 9.67 Å². The normalized spacial score (nSPS) is 11.0. The lowest BCUT2D eigenvalue weighted by molar-refractivity contribution is 0.385. The third kappa shape index (κ3) is 3.01. The van der Waals surface area contributed by atoms with Gasteiger partial charge in [0.05, 0.1) is 11.4 Å².